The number of amides is 1. The quantitative estimate of drug-likeness (QED) is 0.429. The van der Waals surface area contributed by atoms with Gasteiger partial charge in [-0.15, -0.1) is 0 Å². The Morgan fingerprint density at radius 2 is 1.94 bits per heavy atom. The lowest BCUT2D eigenvalue weighted by Gasteiger charge is -2.24. The fourth-order valence-electron chi connectivity index (χ4n) is 2.76. The number of aromatic nitrogens is 2. The van der Waals surface area contributed by atoms with E-state index in [0.29, 0.717) is 38.1 Å². The van der Waals surface area contributed by atoms with Crippen LogP contribution < -0.4 is 15.4 Å². The topological polar surface area (TPSA) is 96.4 Å². The van der Waals surface area contributed by atoms with Crippen molar-refractivity contribution in [2.45, 2.75) is 26.4 Å². The molecule has 3 rings (SSSR count). The summed E-state index contributed by atoms with van der Waals surface area (Å²) in [7, 11) is 0. The molecule has 0 atom stereocenters. The number of hydrogen-bond donors (Lipinski definition) is 3. The van der Waals surface area contributed by atoms with E-state index in [0.717, 1.165) is 5.69 Å². The van der Waals surface area contributed by atoms with E-state index < -0.39 is 11.5 Å². The van der Waals surface area contributed by atoms with Crippen LogP contribution in [-0.4, -0.2) is 33.4 Å². The van der Waals surface area contributed by atoms with Crippen molar-refractivity contribution in [3.63, 3.8) is 0 Å². The second-order valence-corrected chi connectivity index (χ2v) is 8.48. The molecule has 0 saturated heterocycles. The minimum Gasteiger partial charge on any atom is -0.486 e. The highest BCUT2D eigenvalue weighted by Gasteiger charge is 2.18. The molecule has 1 aromatic heterocycles. The van der Waals surface area contributed by atoms with E-state index in [1.165, 1.54) is 12.2 Å². The van der Waals surface area contributed by atoms with E-state index in [2.05, 4.69) is 20.8 Å². The van der Waals surface area contributed by atoms with Gasteiger partial charge in [0.25, 0.3) is 0 Å². The third-order valence-corrected chi connectivity index (χ3v) is 4.73. The van der Waals surface area contributed by atoms with Crippen LogP contribution in [0.5, 0.6) is 5.75 Å². The van der Waals surface area contributed by atoms with Crippen LogP contribution in [0.25, 0.3) is 10.9 Å². The number of nitrogens with zero attached hydrogens (tertiary/aromatic N) is 2. The molecule has 3 N–H and O–H groups in total. The van der Waals surface area contributed by atoms with Gasteiger partial charge in [0, 0.05) is 23.2 Å². The lowest BCUT2D eigenvalue weighted by Crippen LogP contribution is -2.24. The molecule has 0 bridgehead atoms. The fourth-order valence-corrected chi connectivity index (χ4v) is 3.06. The zero-order chi connectivity index (χ0) is 22.6. The molecule has 0 aliphatic carbocycles. The molecule has 9 heteroatoms. The number of aliphatic hydroxyl groups is 1. The zero-order valence-electron chi connectivity index (χ0n) is 17.2. The molecular weight excluding hydrogens is 439 g/mol. The summed E-state index contributed by atoms with van der Waals surface area (Å²) in [6.45, 7) is 5.48. The summed E-state index contributed by atoms with van der Waals surface area (Å²) in [5, 5.41) is 24.8. The van der Waals surface area contributed by atoms with Crippen LogP contribution in [0, 0.1) is 0 Å². The number of halogens is 2. The number of carbonyl (C=O) groups is 1. The maximum absolute atomic E-state index is 12.2. The normalized spacial score (nSPS) is 11.7. The molecular formula is C22H22Cl2N4O3. The average molecular weight is 461 g/mol. The maximum atomic E-state index is 12.2. The van der Waals surface area contributed by atoms with Crippen LogP contribution in [0.1, 0.15) is 20.8 Å². The predicted octanol–water partition coefficient (Wildman–Crippen LogP) is 5.34. The Bertz CT molecular complexity index is 1140. The first-order valence-electron chi connectivity index (χ1n) is 9.45. The Hall–Kier alpha value is -2.87. The lowest BCUT2D eigenvalue weighted by molar-refractivity contribution is -0.112. The minimum absolute atomic E-state index is 0.232. The highest BCUT2D eigenvalue weighted by Crippen LogP contribution is 2.36. The Labute approximate surface area is 190 Å². The fraction of sp³-hybridized carbons (Fsp3) is 0.227. The van der Waals surface area contributed by atoms with Gasteiger partial charge in [-0.25, -0.2) is 0 Å². The summed E-state index contributed by atoms with van der Waals surface area (Å²) in [6.07, 6.45) is 4.18. The molecule has 1 amide bonds. The van der Waals surface area contributed by atoms with Crippen LogP contribution in [-0.2, 0) is 4.79 Å². The predicted molar refractivity (Wildman–Crippen MR) is 125 cm³/mol. The Balaban J connectivity index is 2.06. The molecule has 2 aromatic carbocycles. The maximum Gasteiger partial charge on any atom is 0.248 e. The van der Waals surface area contributed by atoms with Gasteiger partial charge in [0.1, 0.15) is 11.4 Å². The van der Waals surface area contributed by atoms with Gasteiger partial charge in [-0.2, -0.15) is 10.2 Å². The first kappa shape index (κ1) is 22.8. The largest absolute Gasteiger partial charge is 0.486 e. The van der Waals surface area contributed by atoms with Crippen molar-refractivity contribution in [1.29, 1.82) is 0 Å². The smallest absolute Gasteiger partial charge is 0.248 e. The Kier molecular flexibility index (Phi) is 7.00. The third kappa shape index (κ3) is 6.07. The summed E-state index contributed by atoms with van der Waals surface area (Å²) >= 11 is 12.1. The molecule has 31 heavy (non-hydrogen) atoms. The molecule has 1 heterocycles. The number of carbonyl (C=O) groups excluding carboxylic acids is 1. The van der Waals surface area contributed by atoms with Crippen LogP contribution in [0.3, 0.4) is 0 Å². The van der Waals surface area contributed by atoms with Gasteiger partial charge in [0.15, 0.2) is 0 Å². The first-order valence-corrected chi connectivity index (χ1v) is 10.2. The van der Waals surface area contributed by atoms with Crippen molar-refractivity contribution in [3.8, 4) is 5.75 Å². The second-order valence-electron chi connectivity index (χ2n) is 7.67. The standard InChI is InChI=1S/C22H22Cl2N4O3/c1-22(2,3)31-20-11-17-14(10-18(20)27-21(30)5-4-8-29)19(12-25-28-17)26-13-6-7-15(23)16(24)9-13/h4-7,9-12,29H,8H2,1-3H3,(H,26,28)(H,27,30)/b5-4+. The molecule has 0 spiro atoms. The second kappa shape index (κ2) is 9.51. The molecule has 162 valence electrons. The minimum atomic E-state index is -0.503. The van der Waals surface area contributed by atoms with Gasteiger partial charge >= 0.3 is 0 Å². The molecule has 0 saturated carbocycles. The van der Waals surface area contributed by atoms with Gasteiger partial charge in [-0.05, 0) is 45.0 Å². The van der Waals surface area contributed by atoms with Gasteiger partial charge in [-0.1, -0.05) is 29.3 Å². The number of hydrogen-bond acceptors (Lipinski definition) is 6. The summed E-state index contributed by atoms with van der Waals surface area (Å²) < 4.78 is 6.02. The molecule has 0 fully saturated rings. The van der Waals surface area contributed by atoms with Crippen molar-refractivity contribution < 1.29 is 14.6 Å². The van der Waals surface area contributed by atoms with Gasteiger partial charge < -0.3 is 20.5 Å². The number of aliphatic hydroxyl groups excluding tert-OH is 1. The van der Waals surface area contributed by atoms with Crippen LogP contribution in [0.15, 0.2) is 48.7 Å². The molecule has 3 aromatic rings. The van der Waals surface area contributed by atoms with E-state index in [9.17, 15) is 4.79 Å². The molecule has 0 aliphatic heterocycles. The number of fused-ring (bicyclic) bond motifs is 1. The van der Waals surface area contributed by atoms with Gasteiger partial charge in [0.2, 0.25) is 5.91 Å². The molecule has 7 nitrogen and oxygen atoms in total. The zero-order valence-corrected chi connectivity index (χ0v) is 18.8. The van der Waals surface area contributed by atoms with Crippen LogP contribution >= 0.6 is 23.2 Å². The van der Waals surface area contributed by atoms with Crippen LogP contribution in [0.2, 0.25) is 10.0 Å². The summed E-state index contributed by atoms with van der Waals surface area (Å²) in [4.78, 5) is 12.2. The third-order valence-electron chi connectivity index (χ3n) is 3.99. The van der Waals surface area contributed by atoms with Crippen molar-refractivity contribution >= 4 is 57.1 Å². The highest BCUT2D eigenvalue weighted by atomic mass is 35.5. The average Bonchev–Trinajstić information content (AvgIpc) is 2.69. The lowest BCUT2D eigenvalue weighted by atomic mass is 10.1. The molecule has 0 aliphatic rings. The Morgan fingerprint density at radius 3 is 2.61 bits per heavy atom. The number of benzene rings is 2. The van der Waals surface area contributed by atoms with Gasteiger partial charge in [-0.3, -0.25) is 4.79 Å². The number of anilines is 3. The number of rotatable bonds is 6. The summed E-state index contributed by atoms with van der Waals surface area (Å²) in [5.41, 5.74) is 1.91. The van der Waals surface area contributed by atoms with E-state index in [-0.39, 0.29) is 6.61 Å². The summed E-state index contributed by atoms with van der Waals surface area (Å²) in [5.74, 6) is 0.0555. The van der Waals surface area contributed by atoms with E-state index >= 15 is 0 Å². The number of nitrogens with one attached hydrogen (secondary N) is 2. The monoisotopic (exact) mass is 460 g/mol. The van der Waals surface area contributed by atoms with Crippen molar-refractivity contribution in [2.75, 3.05) is 17.2 Å². The SMILES string of the molecule is CC(C)(C)Oc1cc2nncc(Nc3ccc(Cl)c(Cl)c3)c2cc1NC(=O)/C=C/CO. The highest BCUT2D eigenvalue weighted by molar-refractivity contribution is 6.42. The van der Waals surface area contributed by atoms with E-state index in [4.69, 9.17) is 33.0 Å². The van der Waals surface area contributed by atoms with Gasteiger partial charge in [0.05, 0.1) is 39.7 Å². The van der Waals surface area contributed by atoms with E-state index in [1.54, 1.807) is 36.5 Å². The van der Waals surface area contributed by atoms with E-state index in [1.807, 2.05) is 20.8 Å². The summed E-state index contributed by atoms with van der Waals surface area (Å²) in [6, 6.07) is 8.67. The van der Waals surface area contributed by atoms with Crippen molar-refractivity contribution in [2.24, 2.45) is 0 Å². The number of ether oxygens (including phenoxy) is 1. The van der Waals surface area contributed by atoms with Crippen molar-refractivity contribution in [3.05, 3.63) is 58.7 Å². The molecule has 0 radical (unpaired) electrons. The van der Waals surface area contributed by atoms with Crippen LogP contribution in [0.4, 0.5) is 17.1 Å². The van der Waals surface area contributed by atoms with Crippen molar-refractivity contribution in [1.82, 2.24) is 10.2 Å². The first-order chi connectivity index (χ1) is 14.7. The Morgan fingerprint density at radius 1 is 1.16 bits per heavy atom. The molecule has 0 unspecified atom stereocenters.